The van der Waals surface area contributed by atoms with E-state index in [9.17, 15) is 9.59 Å². The number of nitriles is 1. The number of ether oxygens (including phenoxy) is 1. The minimum absolute atomic E-state index is 0.163. The number of benzene rings is 1. The van der Waals surface area contributed by atoms with Gasteiger partial charge in [0.05, 0.1) is 24.3 Å². The number of hydrogen-bond acceptors (Lipinski definition) is 4. The molecule has 1 aromatic rings. The minimum Gasteiger partial charge on any atom is -0.496 e. The molecule has 0 spiro atoms. The molecule has 0 saturated heterocycles. The summed E-state index contributed by atoms with van der Waals surface area (Å²) in [4.78, 5) is 21.2. The average Bonchev–Trinajstić information content (AvgIpc) is 2.26. The van der Waals surface area contributed by atoms with E-state index in [1.54, 1.807) is 0 Å². The molecule has 14 heavy (non-hydrogen) atoms. The number of aldehydes is 2. The van der Waals surface area contributed by atoms with Crippen molar-refractivity contribution in [2.24, 2.45) is 0 Å². The van der Waals surface area contributed by atoms with E-state index in [0.717, 1.165) is 0 Å². The fraction of sp³-hybridized carbons (Fsp3) is 0.100. The maximum absolute atomic E-state index is 10.6. The molecule has 0 unspecified atom stereocenters. The summed E-state index contributed by atoms with van der Waals surface area (Å²) in [6.45, 7) is 0. The van der Waals surface area contributed by atoms with E-state index in [1.807, 2.05) is 6.07 Å². The van der Waals surface area contributed by atoms with Crippen LogP contribution in [0.25, 0.3) is 0 Å². The van der Waals surface area contributed by atoms with Crippen LogP contribution in [0, 0.1) is 11.3 Å². The largest absolute Gasteiger partial charge is 0.496 e. The zero-order valence-corrected chi connectivity index (χ0v) is 7.48. The van der Waals surface area contributed by atoms with E-state index < -0.39 is 0 Å². The quantitative estimate of drug-likeness (QED) is 0.670. The van der Waals surface area contributed by atoms with Crippen molar-refractivity contribution in [2.75, 3.05) is 7.11 Å². The normalized spacial score (nSPS) is 8.86. The lowest BCUT2D eigenvalue weighted by Crippen LogP contribution is -1.97. The van der Waals surface area contributed by atoms with E-state index in [1.165, 1.54) is 19.2 Å². The Bertz CT molecular complexity index is 418. The molecule has 0 atom stereocenters. The second-order valence-electron chi connectivity index (χ2n) is 2.53. The molecule has 4 nitrogen and oxygen atoms in total. The van der Waals surface area contributed by atoms with E-state index in [-0.39, 0.29) is 22.4 Å². The summed E-state index contributed by atoms with van der Waals surface area (Å²) in [5.74, 6) is 0.237. The van der Waals surface area contributed by atoms with Gasteiger partial charge in [0.2, 0.25) is 0 Å². The first-order valence-corrected chi connectivity index (χ1v) is 3.79. The molecule has 0 N–H and O–H groups in total. The number of hydrogen-bond donors (Lipinski definition) is 0. The van der Waals surface area contributed by atoms with Gasteiger partial charge in [0, 0.05) is 5.56 Å². The monoisotopic (exact) mass is 189 g/mol. The second kappa shape index (κ2) is 4.19. The van der Waals surface area contributed by atoms with Crippen molar-refractivity contribution >= 4 is 12.6 Å². The molecule has 1 aromatic carbocycles. The average molecular weight is 189 g/mol. The van der Waals surface area contributed by atoms with Crippen molar-refractivity contribution in [3.63, 3.8) is 0 Å². The van der Waals surface area contributed by atoms with Gasteiger partial charge in [-0.25, -0.2) is 0 Å². The van der Waals surface area contributed by atoms with E-state index in [0.29, 0.717) is 12.6 Å². The van der Waals surface area contributed by atoms with E-state index in [2.05, 4.69) is 0 Å². The van der Waals surface area contributed by atoms with Gasteiger partial charge in [-0.2, -0.15) is 5.26 Å². The fourth-order valence-electron chi connectivity index (χ4n) is 1.11. The van der Waals surface area contributed by atoms with Crippen LogP contribution in [0.3, 0.4) is 0 Å². The van der Waals surface area contributed by atoms with Gasteiger partial charge >= 0.3 is 0 Å². The molecule has 0 fully saturated rings. The van der Waals surface area contributed by atoms with Crippen LogP contribution >= 0.6 is 0 Å². The van der Waals surface area contributed by atoms with Crippen LogP contribution in [0.1, 0.15) is 26.3 Å². The molecule has 4 heteroatoms. The lowest BCUT2D eigenvalue weighted by atomic mass is 10.1. The van der Waals surface area contributed by atoms with E-state index in [4.69, 9.17) is 10.00 Å². The van der Waals surface area contributed by atoms with Crippen molar-refractivity contribution in [1.82, 2.24) is 0 Å². The van der Waals surface area contributed by atoms with Crippen molar-refractivity contribution in [2.45, 2.75) is 0 Å². The first-order valence-electron chi connectivity index (χ1n) is 3.79. The molecule has 0 aliphatic carbocycles. The topological polar surface area (TPSA) is 67.2 Å². The Balaban J connectivity index is 3.48. The molecule has 0 aliphatic rings. The molecule has 0 saturated carbocycles. The van der Waals surface area contributed by atoms with Gasteiger partial charge in [0.15, 0.2) is 12.6 Å². The lowest BCUT2D eigenvalue weighted by molar-refractivity contribution is 0.109. The van der Waals surface area contributed by atoms with E-state index >= 15 is 0 Å². The Morgan fingerprint density at radius 3 is 2.50 bits per heavy atom. The predicted octanol–water partition coefficient (Wildman–Crippen LogP) is 1.19. The first kappa shape index (κ1) is 9.93. The number of carbonyl (C=O) groups excluding carboxylic acids is 2. The van der Waals surface area contributed by atoms with Crippen LogP contribution in [0.4, 0.5) is 0 Å². The lowest BCUT2D eigenvalue weighted by Gasteiger charge is -2.05. The summed E-state index contributed by atoms with van der Waals surface area (Å²) < 4.78 is 4.88. The van der Waals surface area contributed by atoms with Gasteiger partial charge in [-0.3, -0.25) is 9.59 Å². The number of carbonyl (C=O) groups is 2. The Morgan fingerprint density at radius 2 is 2.07 bits per heavy atom. The van der Waals surface area contributed by atoms with Crippen molar-refractivity contribution in [3.8, 4) is 11.8 Å². The molecule has 0 aliphatic heterocycles. The van der Waals surface area contributed by atoms with Crippen LogP contribution in [0.15, 0.2) is 12.1 Å². The zero-order valence-electron chi connectivity index (χ0n) is 7.48. The van der Waals surface area contributed by atoms with Gasteiger partial charge in [-0.1, -0.05) is 0 Å². The highest BCUT2D eigenvalue weighted by Crippen LogP contribution is 2.21. The molecule has 0 heterocycles. The third-order valence-corrected chi connectivity index (χ3v) is 1.77. The van der Waals surface area contributed by atoms with Crippen molar-refractivity contribution in [1.29, 1.82) is 5.26 Å². The van der Waals surface area contributed by atoms with Gasteiger partial charge < -0.3 is 4.74 Å². The Kier molecular flexibility index (Phi) is 2.97. The maximum Gasteiger partial charge on any atom is 0.154 e. The molecule has 0 amide bonds. The molecular formula is C10H7NO3. The second-order valence-corrected chi connectivity index (χ2v) is 2.53. The Labute approximate surface area is 80.7 Å². The van der Waals surface area contributed by atoms with Crippen LogP contribution < -0.4 is 4.74 Å². The molecule has 0 bridgehead atoms. The summed E-state index contributed by atoms with van der Waals surface area (Å²) in [5.41, 5.74) is 0.618. The fourth-order valence-corrected chi connectivity index (χ4v) is 1.11. The van der Waals surface area contributed by atoms with Gasteiger partial charge in [0.1, 0.15) is 5.75 Å². The smallest absolute Gasteiger partial charge is 0.154 e. The predicted molar refractivity (Wildman–Crippen MR) is 48.5 cm³/mol. The SMILES string of the molecule is COc1cc(C#N)cc(C=O)c1C=O. The molecular weight excluding hydrogens is 182 g/mol. The molecule has 70 valence electrons. The zero-order chi connectivity index (χ0) is 10.6. The number of methoxy groups -OCH3 is 1. The third-order valence-electron chi connectivity index (χ3n) is 1.77. The van der Waals surface area contributed by atoms with Crippen LogP contribution in [-0.2, 0) is 0 Å². The molecule has 0 aromatic heterocycles. The number of nitrogens with zero attached hydrogens (tertiary/aromatic N) is 1. The minimum atomic E-state index is 0.163. The molecule has 0 radical (unpaired) electrons. The summed E-state index contributed by atoms with van der Waals surface area (Å²) >= 11 is 0. The van der Waals surface area contributed by atoms with Gasteiger partial charge in [0.25, 0.3) is 0 Å². The van der Waals surface area contributed by atoms with Crippen LogP contribution in [0.2, 0.25) is 0 Å². The highest BCUT2D eigenvalue weighted by atomic mass is 16.5. The van der Waals surface area contributed by atoms with Crippen molar-refractivity contribution < 1.29 is 14.3 Å². The standard InChI is InChI=1S/C10H7NO3/c1-14-10-3-7(4-11)2-8(5-12)9(10)6-13/h2-3,5-6H,1H3. The van der Waals surface area contributed by atoms with Crippen molar-refractivity contribution in [3.05, 3.63) is 28.8 Å². The van der Waals surface area contributed by atoms with Crippen LogP contribution in [0.5, 0.6) is 5.75 Å². The van der Waals surface area contributed by atoms with Crippen LogP contribution in [-0.4, -0.2) is 19.7 Å². The summed E-state index contributed by atoms with van der Waals surface area (Å²) in [6.07, 6.45) is 1.05. The summed E-state index contributed by atoms with van der Waals surface area (Å²) in [5, 5.41) is 8.63. The van der Waals surface area contributed by atoms with Gasteiger partial charge in [-0.15, -0.1) is 0 Å². The first-order chi connectivity index (χ1) is 6.76. The summed E-state index contributed by atoms with van der Waals surface area (Å²) in [6, 6.07) is 4.63. The highest BCUT2D eigenvalue weighted by Gasteiger charge is 2.09. The molecule has 1 rings (SSSR count). The summed E-state index contributed by atoms with van der Waals surface area (Å²) in [7, 11) is 1.37. The third kappa shape index (κ3) is 1.62. The van der Waals surface area contributed by atoms with Gasteiger partial charge in [-0.05, 0) is 12.1 Å². The Hall–Kier alpha value is -2.15. The highest BCUT2D eigenvalue weighted by molar-refractivity contribution is 5.93. The number of rotatable bonds is 3. The maximum atomic E-state index is 10.6. The Morgan fingerprint density at radius 1 is 1.36 bits per heavy atom.